The van der Waals surface area contributed by atoms with Gasteiger partial charge in [-0.1, -0.05) is 41.6 Å². The van der Waals surface area contributed by atoms with Crippen LogP contribution < -0.4 is 5.32 Å². The maximum Gasteiger partial charge on any atom is 0.321 e. The lowest BCUT2D eigenvalue weighted by Gasteiger charge is -1.99. The van der Waals surface area contributed by atoms with E-state index >= 15 is 0 Å². The fourth-order valence-corrected chi connectivity index (χ4v) is 1.89. The molecule has 0 aliphatic carbocycles. The zero-order chi connectivity index (χ0) is 12.4. The van der Waals surface area contributed by atoms with Crippen molar-refractivity contribution in [2.24, 2.45) is 0 Å². The highest BCUT2D eigenvalue weighted by molar-refractivity contribution is 5.86. The first kappa shape index (κ1) is 10.8. The zero-order valence-electron chi connectivity index (χ0n) is 10.1. The molecule has 3 rings (SSSR count). The first-order chi connectivity index (χ1) is 8.86. The SMILES string of the molecule is CCNc1nc(-c2ccc3ccccc3c2)no1. The molecule has 90 valence electrons. The van der Waals surface area contributed by atoms with Crippen LogP contribution in [0.3, 0.4) is 0 Å². The lowest BCUT2D eigenvalue weighted by molar-refractivity contribution is 0.432. The maximum absolute atomic E-state index is 5.10. The van der Waals surface area contributed by atoms with Crippen LogP contribution in [0.4, 0.5) is 6.01 Å². The van der Waals surface area contributed by atoms with Gasteiger partial charge in [0.05, 0.1) is 0 Å². The van der Waals surface area contributed by atoms with Crippen molar-refractivity contribution in [2.75, 3.05) is 11.9 Å². The van der Waals surface area contributed by atoms with Crippen LogP contribution in [0.25, 0.3) is 22.2 Å². The molecule has 0 saturated heterocycles. The van der Waals surface area contributed by atoms with Gasteiger partial charge in [0.2, 0.25) is 5.82 Å². The Morgan fingerprint density at radius 1 is 1.11 bits per heavy atom. The predicted molar refractivity (Wildman–Crippen MR) is 71.4 cm³/mol. The van der Waals surface area contributed by atoms with Crippen molar-refractivity contribution < 1.29 is 4.52 Å². The highest BCUT2D eigenvalue weighted by Gasteiger charge is 2.07. The molecule has 4 nitrogen and oxygen atoms in total. The summed E-state index contributed by atoms with van der Waals surface area (Å²) >= 11 is 0. The molecule has 0 amide bonds. The Balaban J connectivity index is 2.02. The molecule has 18 heavy (non-hydrogen) atoms. The third-order valence-corrected chi connectivity index (χ3v) is 2.76. The fourth-order valence-electron chi connectivity index (χ4n) is 1.89. The summed E-state index contributed by atoms with van der Waals surface area (Å²) in [6.07, 6.45) is 0. The molecule has 0 aliphatic heterocycles. The van der Waals surface area contributed by atoms with Crippen molar-refractivity contribution in [2.45, 2.75) is 6.92 Å². The molecular formula is C14H13N3O. The van der Waals surface area contributed by atoms with Crippen LogP contribution in [-0.4, -0.2) is 16.7 Å². The van der Waals surface area contributed by atoms with Gasteiger partial charge < -0.3 is 9.84 Å². The lowest BCUT2D eigenvalue weighted by atomic mass is 10.1. The van der Waals surface area contributed by atoms with Crippen LogP contribution in [0.1, 0.15) is 6.92 Å². The van der Waals surface area contributed by atoms with E-state index in [0.29, 0.717) is 11.8 Å². The van der Waals surface area contributed by atoms with Crippen LogP contribution in [0.5, 0.6) is 0 Å². The number of rotatable bonds is 3. The van der Waals surface area contributed by atoms with Crippen molar-refractivity contribution in [3.05, 3.63) is 42.5 Å². The summed E-state index contributed by atoms with van der Waals surface area (Å²) in [7, 11) is 0. The standard InChI is InChI=1S/C14H13N3O/c1-2-15-14-16-13(17-18-14)12-8-7-10-5-3-4-6-11(10)9-12/h3-9H,2H2,1H3,(H,15,16,17). The second kappa shape index (κ2) is 4.49. The number of nitrogens with one attached hydrogen (secondary N) is 1. The minimum Gasteiger partial charge on any atom is -0.338 e. The van der Waals surface area contributed by atoms with Crippen LogP contribution in [0.15, 0.2) is 47.0 Å². The van der Waals surface area contributed by atoms with Crippen LogP contribution >= 0.6 is 0 Å². The lowest BCUT2D eigenvalue weighted by Crippen LogP contribution is -1.95. The van der Waals surface area contributed by atoms with E-state index in [4.69, 9.17) is 4.52 Å². The summed E-state index contributed by atoms with van der Waals surface area (Å²) in [6.45, 7) is 2.75. The first-order valence-corrected chi connectivity index (χ1v) is 5.93. The second-order valence-corrected chi connectivity index (χ2v) is 4.02. The van der Waals surface area contributed by atoms with Crippen LogP contribution in [0, 0.1) is 0 Å². The van der Waals surface area contributed by atoms with Gasteiger partial charge in [0.25, 0.3) is 0 Å². The maximum atomic E-state index is 5.10. The molecule has 4 heteroatoms. The Bertz CT molecular complexity index is 675. The Labute approximate surface area is 105 Å². The third kappa shape index (κ3) is 1.93. The van der Waals surface area contributed by atoms with Crippen molar-refractivity contribution in [1.29, 1.82) is 0 Å². The molecule has 0 radical (unpaired) electrons. The average molecular weight is 239 g/mol. The molecule has 0 unspecified atom stereocenters. The number of nitrogens with zero attached hydrogens (tertiary/aromatic N) is 2. The Morgan fingerprint density at radius 3 is 2.78 bits per heavy atom. The summed E-state index contributed by atoms with van der Waals surface area (Å²) < 4.78 is 5.10. The fraction of sp³-hybridized carbons (Fsp3) is 0.143. The van der Waals surface area contributed by atoms with Crippen molar-refractivity contribution in [3.63, 3.8) is 0 Å². The Morgan fingerprint density at radius 2 is 1.94 bits per heavy atom. The molecule has 2 aromatic carbocycles. The summed E-state index contributed by atoms with van der Waals surface area (Å²) in [5.41, 5.74) is 0.960. The van der Waals surface area contributed by atoms with Gasteiger partial charge in [0, 0.05) is 12.1 Å². The summed E-state index contributed by atoms with van der Waals surface area (Å²) in [5.74, 6) is 0.608. The number of hydrogen-bond acceptors (Lipinski definition) is 4. The molecule has 0 fully saturated rings. The van der Waals surface area contributed by atoms with Gasteiger partial charge in [0.15, 0.2) is 0 Å². The Kier molecular flexibility index (Phi) is 2.68. The zero-order valence-corrected chi connectivity index (χ0v) is 10.1. The molecule has 1 N–H and O–H groups in total. The van der Waals surface area contributed by atoms with E-state index in [-0.39, 0.29) is 0 Å². The quantitative estimate of drug-likeness (QED) is 0.761. The summed E-state index contributed by atoms with van der Waals surface area (Å²) in [6, 6.07) is 14.8. The van der Waals surface area contributed by atoms with Gasteiger partial charge >= 0.3 is 6.01 Å². The van der Waals surface area contributed by atoms with Gasteiger partial charge in [-0.15, -0.1) is 0 Å². The normalized spacial score (nSPS) is 10.7. The van der Waals surface area contributed by atoms with Gasteiger partial charge in [-0.3, -0.25) is 0 Å². The second-order valence-electron chi connectivity index (χ2n) is 4.02. The summed E-state index contributed by atoms with van der Waals surface area (Å²) in [4.78, 5) is 4.29. The number of anilines is 1. The average Bonchev–Trinajstić information content (AvgIpc) is 2.87. The highest BCUT2D eigenvalue weighted by Crippen LogP contribution is 2.23. The Hall–Kier alpha value is -2.36. The van der Waals surface area contributed by atoms with E-state index in [9.17, 15) is 0 Å². The van der Waals surface area contributed by atoms with Crippen LogP contribution in [0.2, 0.25) is 0 Å². The number of benzene rings is 2. The molecule has 1 heterocycles. The molecule has 0 atom stereocenters. The topological polar surface area (TPSA) is 51.0 Å². The van der Waals surface area contributed by atoms with E-state index in [0.717, 1.165) is 12.1 Å². The highest BCUT2D eigenvalue weighted by atomic mass is 16.5. The molecule has 0 aliphatic rings. The van der Waals surface area contributed by atoms with Gasteiger partial charge in [-0.2, -0.15) is 4.98 Å². The van der Waals surface area contributed by atoms with Gasteiger partial charge in [0.1, 0.15) is 0 Å². The largest absolute Gasteiger partial charge is 0.338 e. The number of aromatic nitrogens is 2. The van der Waals surface area contributed by atoms with E-state index in [1.807, 2.05) is 25.1 Å². The molecule has 0 spiro atoms. The monoisotopic (exact) mass is 239 g/mol. The van der Waals surface area contributed by atoms with Crippen molar-refractivity contribution >= 4 is 16.8 Å². The van der Waals surface area contributed by atoms with E-state index in [1.165, 1.54) is 10.8 Å². The third-order valence-electron chi connectivity index (χ3n) is 2.76. The number of hydrogen-bond donors (Lipinski definition) is 1. The smallest absolute Gasteiger partial charge is 0.321 e. The minimum atomic E-state index is 0.459. The molecule has 0 saturated carbocycles. The van der Waals surface area contributed by atoms with E-state index in [2.05, 4.69) is 39.7 Å². The van der Waals surface area contributed by atoms with E-state index < -0.39 is 0 Å². The minimum absolute atomic E-state index is 0.459. The predicted octanol–water partition coefficient (Wildman–Crippen LogP) is 3.32. The van der Waals surface area contributed by atoms with Crippen LogP contribution in [-0.2, 0) is 0 Å². The van der Waals surface area contributed by atoms with Gasteiger partial charge in [-0.05, 0) is 23.8 Å². The number of fused-ring (bicyclic) bond motifs is 1. The van der Waals surface area contributed by atoms with Crippen molar-refractivity contribution in [3.8, 4) is 11.4 Å². The molecule has 0 bridgehead atoms. The van der Waals surface area contributed by atoms with Gasteiger partial charge in [-0.25, -0.2) is 0 Å². The molecular weight excluding hydrogens is 226 g/mol. The first-order valence-electron chi connectivity index (χ1n) is 5.93. The van der Waals surface area contributed by atoms with E-state index in [1.54, 1.807) is 0 Å². The molecule has 1 aromatic heterocycles. The summed E-state index contributed by atoms with van der Waals surface area (Å²) in [5, 5.41) is 9.33. The van der Waals surface area contributed by atoms with Crippen molar-refractivity contribution in [1.82, 2.24) is 10.1 Å². The molecule has 3 aromatic rings.